The van der Waals surface area contributed by atoms with Crippen LogP contribution in [-0.4, -0.2) is 41.4 Å². The predicted octanol–water partition coefficient (Wildman–Crippen LogP) is 4.06. The first-order chi connectivity index (χ1) is 14.7. The molecule has 0 atom stereocenters. The lowest BCUT2D eigenvalue weighted by Crippen LogP contribution is -2.39. The van der Waals surface area contributed by atoms with Gasteiger partial charge in [0.25, 0.3) is 0 Å². The number of aromatic nitrogens is 3. The lowest BCUT2D eigenvalue weighted by molar-refractivity contribution is 0.204. The summed E-state index contributed by atoms with van der Waals surface area (Å²) in [5.41, 5.74) is 2.70. The second-order valence-corrected chi connectivity index (χ2v) is 7.60. The number of hydrogen-bond acceptors (Lipinski definition) is 7. The van der Waals surface area contributed by atoms with Crippen LogP contribution >= 0.6 is 11.8 Å². The van der Waals surface area contributed by atoms with Crippen LogP contribution in [0.25, 0.3) is 0 Å². The van der Waals surface area contributed by atoms with Gasteiger partial charge in [-0.15, -0.1) is 0 Å². The molecule has 9 heteroatoms. The van der Waals surface area contributed by atoms with Gasteiger partial charge in [0.2, 0.25) is 0 Å². The summed E-state index contributed by atoms with van der Waals surface area (Å²) in [4.78, 5) is 30.5. The molecule has 3 heterocycles. The van der Waals surface area contributed by atoms with Crippen molar-refractivity contribution in [2.75, 3.05) is 30.2 Å². The number of nitrogens with zero attached hydrogens (tertiary/aromatic N) is 5. The molecular weight excluding hydrogens is 400 g/mol. The minimum atomic E-state index is -0.164. The van der Waals surface area contributed by atoms with Crippen LogP contribution in [0.5, 0.6) is 0 Å². The van der Waals surface area contributed by atoms with E-state index in [1.54, 1.807) is 48.6 Å². The minimum absolute atomic E-state index is 0. The van der Waals surface area contributed by atoms with Crippen LogP contribution in [0.2, 0.25) is 0 Å². The van der Waals surface area contributed by atoms with Crippen molar-refractivity contribution < 1.29 is 11.0 Å². The number of anilines is 3. The van der Waals surface area contributed by atoms with Crippen molar-refractivity contribution in [1.82, 2.24) is 20.3 Å². The number of fused-ring (bicyclic) bond motifs is 2. The van der Waals surface area contributed by atoms with Crippen molar-refractivity contribution in [2.24, 2.45) is 0 Å². The third kappa shape index (κ3) is 4.07. The Morgan fingerprint density at radius 3 is 2.90 bits per heavy atom. The van der Waals surface area contributed by atoms with Gasteiger partial charge in [-0.05, 0) is 36.8 Å². The maximum absolute atomic E-state index is 12.7. The first-order valence-corrected chi connectivity index (χ1v) is 10.4. The molecule has 0 saturated heterocycles. The van der Waals surface area contributed by atoms with Gasteiger partial charge in [-0.25, -0.2) is 14.8 Å². The summed E-state index contributed by atoms with van der Waals surface area (Å²) in [7, 11) is 1.65. The van der Waals surface area contributed by atoms with E-state index in [1.165, 1.54) is 0 Å². The molecule has 0 bridgehead atoms. The molecule has 1 aromatic carbocycles. The quantitative estimate of drug-likeness (QED) is 0.639. The van der Waals surface area contributed by atoms with Crippen LogP contribution in [0.4, 0.5) is 22.0 Å². The molecule has 0 radical (unpaired) electrons. The van der Waals surface area contributed by atoms with Crippen molar-refractivity contribution in [3.8, 4) is 0 Å². The van der Waals surface area contributed by atoms with Crippen molar-refractivity contribution in [3.05, 3.63) is 60.7 Å². The van der Waals surface area contributed by atoms with E-state index in [1.807, 2.05) is 30.0 Å². The SMILES string of the molecule is CCNC(=O)N(Cc1ccc2c(c1)N(COC)c1nccnc1S2)c1cccnc1.[HH]. The van der Waals surface area contributed by atoms with Gasteiger partial charge in [-0.3, -0.25) is 14.8 Å². The van der Waals surface area contributed by atoms with E-state index in [4.69, 9.17) is 4.74 Å². The second kappa shape index (κ2) is 9.10. The van der Waals surface area contributed by atoms with Crippen LogP contribution in [0.15, 0.2) is 65.0 Å². The zero-order chi connectivity index (χ0) is 20.9. The van der Waals surface area contributed by atoms with E-state index < -0.39 is 0 Å². The summed E-state index contributed by atoms with van der Waals surface area (Å²) in [5, 5.41) is 3.72. The Hall–Kier alpha value is -3.17. The van der Waals surface area contributed by atoms with Crippen LogP contribution < -0.4 is 15.1 Å². The Bertz CT molecular complexity index is 1040. The Labute approximate surface area is 180 Å². The van der Waals surface area contributed by atoms with Crippen molar-refractivity contribution in [2.45, 2.75) is 23.4 Å². The molecule has 0 saturated carbocycles. The maximum atomic E-state index is 12.7. The van der Waals surface area contributed by atoms with Crippen molar-refractivity contribution >= 4 is 35.0 Å². The summed E-state index contributed by atoms with van der Waals surface area (Å²) >= 11 is 1.58. The van der Waals surface area contributed by atoms with Gasteiger partial charge in [-0.1, -0.05) is 17.8 Å². The number of pyridine rings is 1. The molecule has 3 aromatic rings. The summed E-state index contributed by atoms with van der Waals surface area (Å²) in [6.07, 6.45) is 6.74. The van der Waals surface area contributed by atoms with Crippen LogP contribution in [0, 0.1) is 0 Å². The number of benzene rings is 1. The highest BCUT2D eigenvalue weighted by Crippen LogP contribution is 2.46. The van der Waals surface area contributed by atoms with Crippen LogP contribution in [0.1, 0.15) is 13.9 Å². The molecular formula is C21H24N6O2S. The van der Waals surface area contributed by atoms with Gasteiger partial charge >= 0.3 is 6.03 Å². The largest absolute Gasteiger partial charge is 0.364 e. The van der Waals surface area contributed by atoms with Gasteiger partial charge in [0.15, 0.2) is 5.82 Å². The number of carbonyl (C=O) groups is 1. The monoisotopic (exact) mass is 424 g/mol. The number of rotatable bonds is 6. The lowest BCUT2D eigenvalue weighted by atomic mass is 10.1. The van der Waals surface area contributed by atoms with E-state index >= 15 is 0 Å². The third-order valence-electron chi connectivity index (χ3n) is 4.55. The Morgan fingerprint density at radius 2 is 2.13 bits per heavy atom. The van der Waals surface area contributed by atoms with Crippen LogP contribution in [0.3, 0.4) is 0 Å². The Morgan fingerprint density at radius 1 is 1.27 bits per heavy atom. The topological polar surface area (TPSA) is 83.5 Å². The number of carbonyl (C=O) groups excluding carboxylic acids is 1. The fraction of sp³-hybridized carbons (Fsp3) is 0.238. The molecule has 0 unspecified atom stereocenters. The molecule has 0 spiro atoms. The van der Waals surface area contributed by atoms with E-state index in [2.05, 4.69) is 32.4 Å². The Kier molecular flexibility index (Phi) is 6.10. The van der Waals surface area contributed by atoms with E-state index in [0.29, 0.717) is 19.8 Å². The maximum Gasteiger partial charge on any atom is 0.322 e. The average molecular weight is 425 g/mol. The van der Waals surface area contributed by atoms with Gasteiger partial charge < -0.3 is 10.1 Å². The fourth-order valence-electron chi connectivity index (χ4n) is 3.23. The number of urea groups is 1. The number of nitrogens with one attached hydrogen (secondary N) is 1. The molecule has 0 fully saturated rings. The van der Waals surface area contributed by atoms with E-state index in [0.717, 1.165) is 32.7 Å². The third-order valence-corrected chi connectivity index (χ3v) is 5.60. The first kappa shape index (κ1) is 20.1. The highest BCUT2D eigenvalue weighted by Gasteiger charge is 2.26. The fourth-order valence-corrected chi connectivity index (χ4v) is 4.22. The van der Waals surface area contributed by atoms with E-state index in [9.17, 15) is 4.79 Å². The number of hydrogen-bond donors (Lipinski definition) is 1. The summed E-state index contributed by atoms with van der Waals surface area (Å²) < 4.78 is 5.42. The molecule has 4 rings (SSSR count). The zero-order valence-electron chi connectivity index (χ0n) is 16.8. The molecule has 1 N–H and O–H groups in total. The summed E-state index contributed by atoms with van der Waals surface area (Å²) in [6.45, 7) is 3.21. The minimum Gasteiger partial charge on any atom is -0.364 e. The van der Waals surface area contributed by atoms with Crippen molar-refractivity contribution in [3.63, 3.8) is 0 Å². The highest BCUT2D eigenvalue weighted by atomic mass is 32.2. The second-order valence-electron chi connectivity index (χ2n) is 6.57. The number of ether oxygens (including phenoxy) is 1. The molecule has 1 aliphatic heterocycles. The first-order valence-electron chi connectivity index (χ1n) is 9.55. The zero-order valence-corrected chi connectivity index (χ0v) is 17.6. The number of methoxy groups -OCH3 is 1. The van der Waals surface area contributed by atoms with Crippen molar-refractivity contribution in [1.29, 1.82) is 0 Å². The molecule has 30 heavy (non-hydrogen) atoms. The highest BCUT2D eigenvalue weighted by molar-refractivity contribution is 7.99. The van der Waals surface area contributed by atoms with Gasteiger partial charge in [-0.2, -0.15) is 0 Å². The smallest absolute Gasteiger partial charge is 0.322 e. The normalized spacial score (nSPS) is 12.1. The molecule has 1 aliphatic rings. The number of amides is 2. The van der Waals surface area contributed by atoms with E-state index in [-0.39, 0.29) is 7.46 Å². The van der Waals surface area contributed by atoms with Gasteiger partial charge in [0.1, 0.15) is 11.8 Å². The lowest BCUT2D eigenvalue weighted by Gasteiger charge is -2.31. The molecule has 2 aromatic heterocycles. The average Bonchev–Trinajstić information content (AvgIpc) is 2.78. The van der Waals surface area contributed by atoms with Gasteiger partial charge in [0.05, 0.1) is 24.1 Å². The molecule has 156 valence electrons. The standard InChI is InChI=1S/C21H22N6O2S.H2/c1-3-23-21(28)26(16-5-4-8-22-12-16)13-15-6-7-18-17(11-15)27(14-29-2)19-20(30-18)25-10-9-24-19;/h4-12H,3,13-14H2,1-2H3,(H,23,28);1H. The molecule has 0 aliphatic carbocycles. The van der Waals surface area contributed by atoms with Crippen LogP contribution in [-0.2, 0) is 11.3 Å². The summed E-state index contributed by atoms with van der Waals surface area (Å²) in [5.74, 6) is 0.766. The molecule has 2 amide bonds. The summed E-state index contributed by atoms with van der Waals surface area (Å²) in [6, 6.07) is 9.68. The Balaban J connectivity index is 0.00000272. The van der Waals surface area contributed by atoms with Gasteiger partial charge in [0, 0.05) is 38.6 Å². The predicted molar refractivity (Wildman–Crippen MR) is 118 cm³/mol. The molecule has 8 nitrogen and oxygen atoms in total.